The molecule has 14 heavy (non-hydrogen) atoms. The molecule has 1 heterocycles. The summed E-state index contributed by atoms with van der Waals surface area (Å²) < 4.78 is 36.4. The molecular weight excluding hydrogens is 213 g/mol. The zero-order valence-corrected chi connectivity index (χ0v) is 8.50. The average Bonchev–Trinajstić information content (AvgIpc) is 2.52. The van der Waals surface area contributed by atoms with Crippen LogP contribution in [0.15, 0.2) is 6.20 Å². The molecule has 0 aliphatic carbocycles. The van der Waals surface area contributed by atoms with Gasteiger partial charge in [-0.05, 0) is 13.0 Å². The number of halogens is 3. The molecule has 0 aliphatic heterocycles. The van der Waals surface area contributed by atoms with Crippen molar-refractivity contribution in [2.75, 3.05) is 6.54 Å². The Balaban J connectivity index is 2.51. The van der Waals surface area contributed by atoms with E-state index in [1.807, 2.05) is 6.92 Å². The minimum absolute atomic E-state index is 0.460. The molecule has 1 rings (SSSR count). The van der Waals surface area contributed by atoms with Gasteiger partial charge in [0, 0.05) is 17.6 Å². The highest BCUT2D eigenvalue weighted by atomic mass is 32.1. The van der Waals surface area contributed by atoms with Crippen molar-refractivity contribution < 1.29 is 13.2 Å². The molecule has 0 saturated carbocycles. The lowest BCUT2D eigenvalue weighted by molar-refractivity contribution is -0.137. The number of alkyl halides is 3. The minimum Gasteiger partial charge on any atom is -0.312 e. The fraction of sp³-hybridized carbons (Fsp3) is 0.625. The van der Waals surface area contributed by atoms with Gasteiger partial charge in [0.2, 0.25) is 0 Å². The summed E-state index contributed by atoms with van der Waals surface area (Å²) in [5.41, 5.74) is 0. The van der Waals surface area contributed by atoms with Gasteiger partial charge in [-0.25, -0.2) is 4.98 Å². The van der Waals surface area contributed by atoms with E-state index in [0.717, 1.165) is 13.0 Å². The van der Waals surface area contributed by atoms with Crippen LogP contribution in [-0.2, 0) is 12.7 Å². The molecule has 0 fully saturated rings. The maximum atomic E-state index is 12.1. The van der Waals surface area contributed by atoms with Crippen molar-refractivity contribution in [1.82, 2.24) is 10.3 Å². The van der Waals surface area contributed by atoms with Gasteiger partial charge in [-0.15, -0.1) is 11.3 Å². The van der Waals surface area contributed by atoms with E-state index >= 15 is 0 Å². The van der Waals surface area contributed by atoms with E-state index in [1.165, 1.54) is 6.20 Å². The number of aromatic nitrogens is 1. The van der Waals surface area contributed by atoms with Crippen molar-refractivity contribution in [1.29, 1.82) is 0 Å². The van der Waals surface area contributed by atoms with Gasteiger partial charge in [-0.1, -0.05) is 6.92 Å². The molecule has 0 amide bonds. The van der Waals surface area contributed by atoms with Gasteiger partial charge in [0.25, 0.3) is 0 Å². The second kappa shape index (κ2) is 4.75. The Morgan fingerprint density at radius 1 is 1.50 bits per heavy atom. The molecule has 1 N–H and O–H groups in total. The molecule has 0 saturated heterocycles. The van der Waals surface area contributed by atoms with E-state index in [4.69, 9.17) is 0 Å². The molecule has 0 spiro atoms. The first-order valence-electron chi connectivity index (χ1n) is 4.26. The summed E-state index contributed by atoms with van der Waals surface area (Å²) in [5.74, 6) is 0. The summed E-state index contributed by atoms with van der Waals surface area (Å²) in [6.45, 7) is 3.27. The van der Waals surface area contributed by atoms with Gasteiger partial charge in [0.1, 0.15) is 0 Å². The van der Waals surface area contributed by atoms with E-state index < -0.39 is 11.2 Å². The maximum Gasteiger partial charge on any atom is 0.443 e. The van der Waals surface area contributed by atoms with Gasteiger partial charge in [0.05, 0.1) is 0 Å². The second-order valence-corrected chi connectivity index (χ2v) is 3.92. The van der Waals surface area contributed by atoms with E-state index in [2.05, 4.69) is 10.3 Å². The highest BCUT2D eigenvalue weighted by Crippen LogP contribution is 2.32. The van der Waals surface area contributed by atoms with Crippen LogP contribution in [0.3, 0.4) is 0 Å². The van der Waals surface area contributed by atoms with Gasteiger partial charge in [0.15, 0.2) is 5.01 Å². The van der Waals surface area contributed by atoms with E-state index in [1.54, 1.807) is 0 Å². The molecule has 0 unspecified atom stereocenters. The summed E-state index contributed by atoms with van der Waals surface area (Å²) in [6, 6.07) is 0. The molecule has 0 bridgehead atoms. The van der Waals surface area contributed by atoms with E-state index in [-0.39, 0.29) is 0 Å². The van der Waals surface area contributed by atoms with Crippen molar-refractivity contribution in [3.05, 3.63) is 16.1 Å². The van der Waals surface area contributed by atoms with Crippen LogP contribution in [0.5, 0.6) is 0 Å². The first kappa shape index (κ1) is 11.5. The van der Waals surface area contributed by atoms with Crippen molar-refractivity contribution in [2.24, 2.45) is 0 Å². The third kappa shape index (κ3) is 3.26. The number of thiazole rings is 1. The number of rotatable bonds is 4. The summed E-state index contributed by atoms with van der Waals surface area (Å²) in [7, 11) is 0. The zero-order valence-electron chi connectivity index (χ0n) is 7.69. The molecule has 6 heteroatoms. The lowest BCUT2D eigenvalue weighted by atomic mass is 10.4. The predicted octanol–water partition coefficient (Wildman–Crippen LogP) is 2.66. The monoisotopic (exact) mass is 224 g/mol. The summed E-state index contributed by atoms with van der Waals surface area (Å²) in [4.78, 5) is 3.94. The number of nitrogens with zero attached hydrogens (tertiary/aromatic N) is 1. The topological polar surface area (TPSA) is 24.9 Å². The van der Waals surface area contributed by atoms with Crippen LogP contribution in [0, 0.1) is 0 Å². The molecule has 1 aromatic rings. The number of hydrogen-bond acceptors (Lipinski definition) is 3. The Bertz CT molecular complexity index is 282. The molecule has 1 aromatic heterocycles. The molecule has 80 valence electrons. The van der Waals surface area contributed by atoms with Crippen LogP contribution < -0.4 is 5.32 Å². The standard InChI is InChI=1S/C8H11F3N2S/c1-2-3-12-4-6-5-13-7(14-6)8(9,10)11/h5,12H,2-4H2,1H3. The van der Waals surface area contributed by atoms with Crippen molar-refractivity contribution >= 4 is 11.3 Å². The first-order valence-corrected chi connectivity index (χ1v) is 5.08. The summed E-state index contributed by atoms with van der Waals surface area (Å²) in [5, 5.41) is 2.25. The van der Waals surface area contributed by atoms with Crippen LogP contribution >= 0.6 is 11.3 Å². The fourth-order valence-corrected chi connectivity index (χ4v) is 1.66. The Hall–Kier alpha value is -0.620. The lowest BCUT2D eigenvalue weighted by Crippen LogP contribution is -2.12. The Labute approximate surface area is 84.2 Å². The highest BCUT2D eigenvalue weighted by Gasteiger charge is 2.34. The minimum atomic E-state index is -4.31. The van der Waals surface area contributed by atoms with E-state index in [9.17, 15) is 13.2 Å². The van der Waals surface area contributed by atoms with Gasteiger partial charge in [-0.3, -0.25) is 0 Å². The van der Waals surface area contributed by atoms with Crippen LogP contribution in [-0.4, -0.2) is 11.5 Å². The molecule has 2 nitrogen and oxygen atoms in total. The van der Waals surface area contributed by atoms with Gasteiger partial charge < -0.3 is 5.32 Å². The SMILES string of the molecule is CCCNCc1cnc(C(F)(F)F)s1. The fourth-order valence-electron chi connectivity index (χ4n) is 0.909. The van der Waals surface area contributed by atoms with Crippen LogP contribution in [0.1, 0.15) is 23.2 Å². The third-order valence-electron chi connectivity index (χ3n) is 1.52. The highest BCUT2D eigenvalue weighted by molar-refractivity contribution is 7.11. The van der Waals surface area contributed by atoms with Gasteiger partial charge in [-0.2, -0.15) is 13.2 Å². The normalized spacial score (nSPS) is 12.0. The van der Waals surface area contributed by atoms with Crippen LogP contribution in [0.25, 0.3) is 0 Å². The first-order chi connectivity index (χ1) is 6.54. The molecule has 0 aliphatic rings. The third-order valence-corrected chi connectivity index (χ3v) is 2.56. The zero-order chi connectivity index (χ0) is 10.6. The molecule has 0 aromatic carbocycles. The van der Waals surface area contributed by atoms with E-state index in [0.29, 0.717) is 22.8 Å². The maximum absolute atomic E-state index is 12.1. The summed E-state index contributed by atoms with van der Waals surface area (Å²) >= 11 is 0.692. The number of nitrogens with one attached hydrogen (secondary N) is 1. The molecule has 0 atom stereocenters. The van der Waals surface area contributed by atoms with Gasteiger partial charge >= 0.3 is 6.18 Å². The second-order valence-electron chi connectivity index (χ2n) is 2.81. The average molecular weight is 224 g/mol. The number of hydrogen-bond donors (Lipinski definition) is 1. The smallest absolute Gasteiger partial charge is 0.312 e. The van der Waals surface area contributed by atoms with Crippen molar-refractivity contribution in [2.45, 2.75) is 26.1 Å². The summed E-state index contributed by atoms with van der Waals surface area (Å²) in [6.07, 6.45) is -2.07. The Morgan fingerprint density at radius 2 is 2.21 bits per heavy atom. The lowest BCUT2D eigenvalue weighted by Gasteiger charge is -2.00. The quantitative estimate of drug-likeness (QED) is 0.795. The predicted molar refractivity (Wildman–Crippen MR) is 49.1 cm³/mol. The van der Waals surface area contributed by atoms with Crippen LogP contribution in [0.2, 0.25) is 0 Å². The molecule has 0 radical (unpaired) electrons. The van der Waals surface area contributed by atoms with Crippen molar-refractivity contribution in [3.8, 4) is 0 Å². The Morgan fingerprint density at radius 3 is 2.71 bits per heavy atom. The molecular formula is C8H11F3N2S. The Kier molecular flexibility index (Phi) is 3.88. The van der Waals surface area contributed by atoms with Crippen molar-refractivity contribution in [3.63, 3.8) is 0 Å². The van der Waals surface area contributed by atoms with Crippen LogP contribution in [0.4, 0.5) is 13.2 Å². The largest absolute Gasteiger partial charge is 0.443 e.